The normalized spacial score (nSPS) is 10.5. The maximum atomic E-state index is 12.3. The van der Waals surface area contributed by atoms with E-state index in [9.17, 15) is 14.7 Å². The van der Waals surface area contributed by atoms with Crippen molar-refractivity contribution in [1.82, 2.24) is 4.90 Å². The van der Waals surface area contributed by atoms with Crippen molar-refractivity contribution in [3.8, 4) is 0 Å². The molecule has 0 aliphatic rings. The highest BCUT2D eigenvalue weighted by atomic mass is 127. The van der Waals surface area contributed by atoms with E-state index >= 15 is 0 Å². The first-order valence-corrected chi connectivity index (χ1v) is 7.54. The Bertz CT molecular complexity index is 520. The number of carbonyl (C=O) groups excluding carboxylic acids is 1. The van der Waals surface area contributed by atoms with Crippen LogP contribution < -0.4 is 5.32 Å². The van der Waals surface area contributed by atoms with E-state index in [0.717, 1.165) is 3.57 Å². The highest BCUT2D eigenvalue weighted by Gasteiger charge is 2.19. The molecule has 0 radical (unpaired) electrons. The van der Waals surface area contributed by atoms with E-state index in [-0.39, 0.29) is 23.3 Å². The molecule has 0 saturated carbocycles. The molecule has 0 atom stereocenters. The summed E-state index contributed by atoms with van der Waals surface area (Å²) in [6.07, 6.45) is 0. The Morgan fingerprint density at radius 1 is 1.43 bits per heavy atom. The number of carboxylic acids is 1. The second-order valence-corrected chi connectivity index (χ2v) is 5.95. The number of carboxylic acid groups (broad SMARTS) is 1. The van der Waals surface area contributed by atoms with Crippen molar-refractivity contribution in [1.29, 1.82) is 0 Å². The van der Waals surface area contributed by atoms with Gasteiger partial charge in [-0.15, -0.1) is 0 Å². The summed E-state index contributed by atoms with van der Waals surface area (Å²) in [5.41, 5.74) is 0.363. The van der Waals surface area contributed by atoms with Gasteiger partial charge in [-0.25, -0.2) is 9.59 Å². The molecule has 7 heteroatoms. The summed E-state index contributed by atoms with van der Waals surface area (Å²) in [4.78, 5) is 25.1. The van der Waals surface area contributed by atoms with Crippen LogP contribution in [-0.4, -0.2) is 48.3 Å². The van der Waals surface area contributed by atoms with Crippen LogP contribution in [-0.2, 0) is 4.74 Å². The summed E-state index contributed by atoms with van der Waals surface area (Å²) >= 11 is 2.03. The molecule has 1 aromatic carbocycles. The number of amides is 2. The molecule has 0 heterocycles. The molecule has 2 N–H and O–H groups in total. The van der Waals surface area contributed by atoms with Gasteiger partial charge in [0.05, 0.1) is 17.9 Å². The number of nitrogens with one attached hydrogen (secondary N) is 1. The SMILES string of the molecule is COCCN(C(=O)Nc1ccc(I)cc1C(=O)O)C(C)C. The topological polar surface area (TPSA) is 78.9 Å². The molecular weight excluding hydrogens is 387 g/mol. The van der Waals surface area contributed by atoms with Crippen molar-refractivity contribution in [3.63, 3.8) is 0 Å². The predicted octanol–water partition coefficient (Wildman–Crippen LogP) is 2.88. The minimum absolute atomic E-state index is 0.0164. The fourth-order valence-electron chi connectivity index (χ4n) is 1.77. The lowest BCUT2D eigenvalue weighted by Gasteiger charge is -2.27. The smallest absolute Gasteiger partial charge is 0.337 e. The van der Waals surface area contributed by atoms with Crippen molar-refractivity contribution in [3.05, 3.63) is 27.3 Å². The van der Waals surface area contributed by atoms with E-state index in [4.69, 9.17) is 4.74 Å². The molecule has 0 spiro atoms. The molecule has 0 saturated heterocycles. The molecule has 1 aromatic rings. The number of halogens is 1. The number of ether oxygens (including phenoxy) is 1. The molecule has 1 rings (SSSR count). The van der Waals surface area contributed by atoms with Gasteiger partial charge in [0.25, 0.3) is 0 Å². The number of carbonyl (C=O) groups is 2. The Labute approximate surface area is 137 Å². The Balaban J connectivity index is 2.93. The first-order valence-electron chi connectivity index (χ1n) is 6.46. The highest BCUT2D eigenvalue weighted by molar-refractivity contribution is 14.1. The van der Waals surface area contributed by atoms with Gasteiger partial charge < -0.3 is 20.1 Å². The third-order valence-corrected chi connectivity index (χ3v) is 3.55. The van der Waals surface area contributed by atoms with Gasteiger partial charge in [0.2, 0.25) is 0 Å². The molecule has 0 bridgehead atoms. The Morgan fingerprint density at radius 2 is 2.10 bits per heavy atom. The van der Waals surface area contributed by atoms with Gasteiger partial charge in [0, 0.05) is 23.3 Å². The van der Waals surface area contributed by atoms with Crippen LogP contribution in [0.1, 0.15) is 24.2 Å². The number of aromatic carboxylic acids is 1. The molecule has 0 fully saturated rings. The second kappa shape index (κ2) is 8.18. The van der Waals surface area contributed by atoms with Gasteiger partial charge in [-0.05, 0) is 54.6 Å². The van der Waals surface area contributed by atoms with E-state index in [0.29, 0.717) is 13.2 Å². The molecule has 6 nitrogen and oxygen atoms in total. The van der Waals surface area contributed by atoms with Crippen LogP contribution in [0, 0.1) is 3.57 Å². The average Bonchev–Trinajstić information content (AvgIpc) is 2.40. The van der Waals surface area contributed by atoms with Gasteiger partial charge in [-0.2, -0.15) is 0 Å². The third kappa shape index (κ3) is 5.16. The lowest BCUT2D eigenvalue weighted by atomic mass is 10.2. The highest BCUT2D eigenvalue weighted by Crippen LogP contribution is 2.19. The van der Waals surface area contributed by atoms with Gasteiger partial charge >= 0.3 is 12.0 Å². The van der Waals surface area contributed by atoms with Gasteiger partial charge in [-0.1, -0.05) is 0 Å². The van der Waals surface area contributed by atoms with Crippen LogP contribution in [0.4, 0.5) is 10.5 Å². The number of nitrogens with zero attached hydrogens (tertiary/aromatic N) is 1. The van der Waals surface area contributed by atoms with E-state index in [1.165, 1.54) is 6.07 Å². The quantitative estimate of drug-likeness (QED) is 0.713. The van der Waals surface area contributed by atoms with Crippen LogP contribution in [0.25, 0.3) is 0 Å². The van der Waals surface area contributed by atoms with Crippen LogP contribution in [0.3, 0.4) is 0 Å². The first-order chi connectivity index (χ1) is 9.86. The summed E-state index contributed by atoms with van der Waals surface area (Å²) in [6, 6.07) is 4.51. The maximum Gasteiger partial charge on any atom is 0.337 e. The zero-order valence-electron chi connectivity index (χ0n) is 12.2. The number of urea groups is 1. The molecular formula is C14H19IN2O4. The van der Waals surface area contributed by atoms with Gasteiger partial charge in [-0.3, -0.25) is 0 Å². The molecule has 0 aromatic heterocycles. The fourth-order valence-corrected chi connectivity index (χ4v) is 2.26. The molecule has 2 amide bonds. The zero-order valence-corrected chi connectivity index (χ0v) is 14.4. The Kier molecular flexibility index (Phi) is 6.90. The molecule has 0 aliphatic heterocycles. The molecule has 21 heavy (non-hydrogen) atoms. The number of anilines is 1. The first kappa shape index (κ1) is 17.7. The monoisotopic (exact) mass is 406 g/mol. The number of rotatable bonds is 6. The summed E-state index contributed by atoms with van der Waals surface area (Å²) in [5.74, 6) is -1.07. The van der Waals surface area contributed by atoms with E-state index < -0.39 is 5.97 Å². The summed E-state index contributed by atoms with van der Waals surface area (Å²) in [5, 5.41) is 11.9. The van der Waals surface area contributed by atoms with Crippen molar-refractivity contribution < 1.29 is 19.4 Å². The number of methoxy groups -OCH3 is 1. The zero-order chi connectivity index (χ0) is 16.0. The van der Waals surface area contributed by atoms with Crippen LogP contribution in [0.5, 0.6) is 0 Å². The second-order valence-electron chi connectivity index (χ2n) is 4.71. The van der Waals surface area contributed by atoms with Crippen LogP contribution in [0.2, 0.25) is 0 Å². The minimum Gasteiger partial charge on any atom is -0.478 e. The van der Waals surface area contributed by atoms with Crippen molar-refractivity contribution >= 4 is 40.3 Å². The molecule has 0 unspecified atom stereocenters. The van der Waals surface area contributed by atoms with Crippen LogP contribution >= 0.6 is 22.6 Å². The maximum absolute atomic E-state index is 12.3. The number of benzene rings is 1. The van der Waals surface area contributed by atoms with E-state index in [1.54, 1.807) is 24.1 Å². The van der Waals surface area contributed by atoms with Crippen LogP contribution in [0.15, 0.2) is 18.2 Å². The summed E-state index contributed by atoms with van der Waals surface area (Å²) in [6.45, 7) is 4.64. The fraction of sp³-hybridized carbons (Fsp3) is 0.429. The Hall–Kier alpha value is -1.35. The molecule has 0 aliphatic carbocycles. The largest absolute Gasteiger partial charge is 0.478 e. The van der Waals surface area contributed by atoms with E-state index in [2.05, 4.69) is 5.32 Å². The lowest BCUT2D eigenvalue weighted by Crippen LogP contribution is -2.42. The van der Waals surface area contributed by atoms with Crippen molar-refractivity contribution in [2.24, 2.45) is 0 Å². The summed E-state index contributed by atoms with van der Waals surface area (Å²) < 4.78 is 5.78. The summed E-state index contributed by atoms with van der Waals surface area (Å²) in [7, 11) is 1.57. The molecule has 116 valence electrons. The number of hydrogen-bond donors (Lipinski definition) is 2. The van der Waals surface area contributed by atoms with Gasteiger partial charge in [0.1, 0.15) is 0 Å². The average molecular weight is 406 g/mol. The van der Waals surface area contributed by atoms with Crippen molar-refractivity contribution in [2.45, 2.75) is 19.9 Å². The third-order valence-electron chi connectivity index (χ3n) is 2.87. The lowest BCUT2D eigenvalue weighted by molar-refractivity contribution is 0.0698. The standard InChI is InChI=1S/C14H19IN2O4/c1-9(2)17(6-7-21-3)14(20)16-12-5-4-10(15)8-11(12)13(18)19/h4-5,8-9H,6-7H2,1-3H3,(H,16,20)(H,18,19). The van der Waals surface area contributed by atoms with E-state index in [1.807, 2.05) is 36.4 Å². The van der Waals surface area contributed by atoms with Crippen molar-refractivity contribution in [2.75, 3.05) is 25.6 Å². The number of hydrogen-bond acceptors (Lipinski definition) is 3. The predicted molar refractivity (Wildman–Crippen MR) is 88.9 cm³/mol. The Morgan fingerprint density at radius 3 is 2.62 bits per heavy atom. The van der Waals surface area contributed by atoms with Gasteiger partial charge in [0.15, 0.2) is 0 Å². The minimum atomic E-state index is -1.07.